The van der Waals surface area contributed by atoms with Gasteiger partial charge in [0.1, 0.15) is 4.21 Å². The number of aromatic nitrogens is 2. The maximum absolute atomic E-state index is 12.5. The van der Waals surface area contributed by atoms with Crippen LogP contribution in [-0.4, -0.2) is 42.2 Å². The van der Waals surface area contributed by atoms with Crippen LogP contribution in [-0.2, 0) is 21.3 Å². The zero-order valence-corrected chi connectivity index (χ0v) is 13.3. The van der Waals surface area contributed by atoms with Crippen LogP contribution in [0.25, 0.3) is 0 Å². The molecule has 0 aromatic carbocycles. The Hall–Kier alpha value is -1.22. The maximum atomic E-state index is 12.5. The zero-order valence-electron chi connectivity index (χ0n) is 11.7. The van der Waals surface area contributed by atoms with Crippen LogP contribution in [0, 0.1) is 0 Å². The highest BCUT2D eigenvalue weighted by atomic mass is 32.2. The van der Waals surface area contributed by atoms with Gasteiger partial charge in [-0.1, -0.05) is 6.07 Å². The average Bonchev–Trinajstić information content (AvgIpc) is 3.19. The molecule has 21 heavy (non-hydrogen) atoms. The summed E-state index contributed by atoms with van der Waals surface area (Å²) in [5, 5.41) is 5.99. The van der Waals surface area contributed by atoms with Crippen LogP contribution in [0.15, 0.2) is 34.1 Å². The predicted octanol–water partition coefficient (Wildman–Crippen LogP) is 1.73. The van der Waals surface area contributed by atoms with Gasteiger partial charge < -0.3 is 4.74 Å². The summed E-state index contributed by atoms with van der Waals surface area (Å²) < 4.78 is 34.5. The van der Waals surface area contributed by atoms with Crippen LogP contribution in [0.5, 0.6) is 0 Å². The standard InChI is InChI=1S/C13H17N3O3S2/c1-2-15-9-11(8-14-15)12-10-16(5-6-19-12)21(17,18)13-4-3-7-20-13/h3-4,7-9,12H,2,5-6,10H2,1H3/t12-/m0/s1. The highest BCUT2D eigenvalue weighted by Crippen LogP contribution is 2.27. The molecule has 0 radical (unpaired) electrons. The maximum Gasteiger partial charge on any atom is 0.252 e. The smallest absolute Gasteiger partial charge is 0.252 e. The normalized spacial score (nSPS) is 20.7. The Bertz CT molecular complexity index is 694. The van der Waals surface area contributed by atoms with E-state index in [1.165, 1.54) is 15.6 Å². The Kier molecular flexibility index (Phi) is 4.12. The fourth-order valence-electron chi connectivity index (χ4n) is 2.30. The van der Waals surface area contributed by atoms with Gasteiger partial charge in [0, 0.05) is 31.4 Å². The van der Waals surface area contributed by atoms with Crippen molar-refractivity contribution in [3.63, 3.8) is 0 Å². The molecule has 114 valence electrons. The number of hydrogen-bond acceptors (Lipinski definition) is 5. The number of thiophene rings is 1. The second kappa shape index (κ2) is 5.88. The van der Waals surface area contributed by atoms with Gasteiger partial charge in [-0.05, 0) is 18.4 Å². The van der Waals surface area contributed by atoms with E-state index in [0.29, 0.717) is 23.9 Å². The molecule has 1 atom stereocenters. The first kappa shape index (κ1) is 14.7. The van der Waals surface area contributed by atoms with Crippen LogP contribution in [0.3, 0.4) is 0 Å². The van der Waals surface area contributed by atoms with Crippen molar-refractivity contribution >= 4 is 21.4 Å². The number of morpholine rings is 1. The van der Waals surface area contributed by atoms with Gasteiger partial charge in [-0.2, -0.15) is 9.40 Å². The van der Waals surface area contributed by atoms with Crippen LogP contribution in [0.2, 0.25) is 0 Å². The van der Waals surface area contributed by atoms with E-state index in [1.807, 2.05) is 17.8 Å². The highest BCUT2D eigenvalue weighted by molar-refractivity contribution is 7.91. The van der Waals surface area contributed by atoms with Crippen LogP contribution < -0.4 is 0 Å². The van der Waals surface area contributed by atoms with Gasteiger partial charge in [0.05, 0.1) is 18.9 Å². The van der Waals surface area contributed by atoms with Crippen molar-refractivity contribution in [1.82, 2.24) is 14.1 Å². The van der Waals surface area contributed by atoms with Crippen LogP contribution in [0.4, 0.5) is 0 Å². The zero-order chi connectivity index (χ0) is 14.9. The van der Waals surface area contributed by atoms with Crippen molar-refractivity contribution in [3.8, 4) is 0 Å². The average molecular weight is 327 g/mol. The molecule has 8 heteroatoms. The van der Waals surface area contributed by atoms with E-state index in [1.54, 1.807) is 23.7 Å². The molecule has 0 N–H and O–H groups in total. The van der Waals surface area contributed by atoms with Crippen molar-refractivity contribution in [2.45, 2.75) is 23.8 Å². The van der Waals surface area contributed by atoms with Gasteiger partial charge in [-0.3, -0.25) is 4.68 Å². The fourth-order valence-corrected chi connectivity index (χ4v) is 4.87. The lowest BCUT2D eigenvalue weighted by Crippen LogP contribution is -2.41. The number of rotatable bonds is 4. The molecule has 0 saturated carbocycles. The summed E-state index contributed by atoms with van der Waals surface area (Å²) in [5.74, 6) is 0. The van der Waals surface area contributed by atoms with Gasteiger partial charge in [0.15, 0.2) is 0 Å². The Morgan fingerprint density at radius 3 is 3.05 bits per heavy atom. The van der Waals surface area contributed by atoms with E-state index >= 15 is 0 Å². The van der Waals surface area contributed by atoms with Gasteiger partial charge >= 0.3 is 0 Å². The van der Waals surface area contributed by atoms with Crippen molar-refractivity contribution < 1.29 is 13.2 Å². The molecule has 1 saturated heterocycles. The molecule has 0 spiro atoms. The first-order valence-electron chi connectivity index (χ1n) is 6.79. The molecule has 3 rings (SSSR count). The minimum absolute atomic E-state index is 0.256. The Morgan fingerprint density at radius 2 is 2.38 bits per heavy atom. The molecule has 1 aliphatic rings. The summed E-state index contributed by atoms with van der Waals surface area (Å²) in [7, 11) is -3.41. The predicted molar refractivity (Wildman–Crippen MR) is 79.7 cm³/mol. The molecule has 2 aromatic heterocycles. The third kappa shape index (κ3) is 2.89. The number of aryl methyl sites for hydroxylation is 1. The second-order valence-electron chi connectivity index (χ2n) is 4.78. The third-order valence-electron chi connectivity index (χ3n) is 3.47. The highest BCUT2D eigenvalue weighted by Gasteiger charge is 2.32. The lowest BCUT2D eigenvalue weighted by atomic mass is 10.2. The van der Waals surface area contributed by atoms with E-state index in [-0.39, 0.29) is 6.10 Å². The number of nitrogens with zero attached hydrogens (tertiary/aromatic N) is 3. The molecule has 1 aliphatic heterocycles. The molecule has 0 amide bonds. The minimum atomic E-state index is -3.41. The summed E-state index contributed by atoms with van der Waals surface area (Å²) in [4.78, 5) is 0. The van der Waals surface area contributed by atoms with Crippen molar-refractivity contribution in [1.29, 1.82) is 0 Å². The lowest BCUT2D eigenvalue weighted by Gasteiger charge is -2.31. The Labute approximate surface area is 128 Å². The fraction of sp³-hybridized carbons (Fsp3) is 0.462. The number of sulfonamides is 1. The first-order chi connectivity index (χ1) is 10.1. The molecule has 0 aliphatic carbocycles. The SMILES string of the molecule is CCn1cc([C@@H]2CN(S(=O)(=O)c3cccs3)CCO2)cn1. The Morgan fingerprint density at radius 1 is 1.52 bits per heavy atom. The molecule has 1 fully saturated rings. The van der Waals surface area contributed by atoms with E-state index in [0.717, 1.165) is 12.1 Å². The van der Waals surface area contributed by atoms with E-state index < -0.39 is 10.0 Å². The van der Waals surface area contributed by atoms with Crippen LogP contribution >= 0.6 is 11.3 Å². The largest absolute Gasteiger partial charge is 0.371 e. The molecule has 2 aromatic rings. The summed E-state index contributed by atoms with van der Waals surface area (Å²) in [6, 6.07) is 3.39. The molecule has 0 bridgehead atoms. The van der Waals surface area contributed by atoms with Crippen molar-refractivity contribution in [2.24, 2.45) is 0 Å². The van der Waals surface area contributed by atoms with Gasteiger partial charge in [0.25, 0.3) is 10.0 Å². The second-order valence-corrected chi connectivity index (χ2v) is 7.90. The number of ether oxygens (including phenoxy) is 1. The van der Waals surface area contributed by atoms with Gasteiger partial charge in [-0.25, -0.2) is 8.42 Å². The van der Waals surface area contributed by atoms with Gasteiger partial charge in [0.2, 0.25) is 0 Å². The van der Waals surface area contributed by atoms with Gasteiger partial charge in [-0.15, -0.1) is 11.3 Å². The summed E-state index contributed by atoms with van der Waals surface area (Å²) in [5.41, 5.74) is 0.919. The van der Waals surface area contributed by atoms with E-state index in [9.17, 15) is 8.42 Å². The van der Waals surface area contributed by atoms with E-state index in [2.05, 4.69) is 5.10 Å². The third-order valence-corrected chi connectivity index (χ3v) is 6.71. The van der Waals surface area contributed by atoms with E-state index in [4.69, 9.17) is 4.74 Å². The Balaban J connectivity index is 1.80. The van der Waals surface area contributed by atoms with Crippen molar-refractivity contribution in [2.75, 3.05) is 19.7 Å². The lowest BCUT2D eigenvalue weighted by molar-refractivity contribution is -0.00254. The number of hydrogen-bond donors (Lipinski definition) is 0. The monoisotopic (exact) mass is 327 g/mol. The topological polar surface area (TPSA) is 64.4 Å². The minimum Gasteiger partial charge on any atom is -0.371 e. The van der Waals surface area contributed by atoms with Crippen molar-refractivity contribution in [3.05, 3.63) is 35.5 Å². The molecule has 6 nitrogen and oxygen atoms in total. The summed E-state index contributed by atoms with van der Waals surface area (Å²) in [6.07, 6.45) is 3.40. The summed E-state index contributed by atoms with van der Waals surface area (Å²) in [6.45, 7) is 3.90. The molecule has 0 unspecified atom stereocenters. The quantitative estimate of drug-likeness (QED) is 0.858. The molecular formula is C13H17N3O3S2. The van der Waals surface area contributed by atoms with Crippen LogP contribution in [0.1, 0.15) is 18.6 Å². The summed E-state index contributed by atoms with van der Waals surface area (Å²) >= 11 is 1.24. The first-order valence-corrected chi connectivity index (χ1v) is 9.11. The molecule has 3 heterocycles. The molecular weight excluding hydrogens is 310 g/mol.